The van der Waals surface area contributed by atoms with Gasteiger partial charge in [-0.05, 0) is 97.9 Å². The number of ether oxygens (including phenoxy) is 3. The molecule has 2 aromatic heterocycles. The third-order valence-corrected chi connectivity index (χ3v) is 13.6. The molecule has 2 saturated heterocycles. The van der Waals surface area contributed by atoms with Gasteiger partial charge < -0.3 is 44.6 Å². The maximum Gasteiger partial charge on any atom is 0.407 e. The number of hydrogen-bond acceptors (Lipinski definition) is 9. The van der Waals surface area contributed by atoms with Gasteiger partial charge in [0, 0.05) is 30.6 Å². The Morgan fingerprint density at radius 1 is 0.803 bits per heavy atom. The van der Waals surface area contributed by atoms with Crippen LogP contribution >= 0.6 is 0 Å². The molecule has 1 saturated carbocycles. The van der Waals surface area contributed by atoms with E-state index in [1.807, 2.05) is 29.7 Å². The molecule has 4 heterocycles. The van der Waals surface area contributed by atoms with Crippen molar-refractivity contribution in [3.63, 3.8) is 0 Å². The summed E-state index contributed by atoms with van der Waals surface area (Å²) in [6, 6.07) is 15.3. The van der Waals surface area contributed by atoms with Crippen LogP contribution in [0, 0.1) is 11.8 Å². The summed E-state index contributed by atoms with van der Waals surface area (Å²) in [5.41, 5.74) is 8.37. The topological polar surface area (TPSA) is 184 Å². The first-order chi connectivity index (χ1) is 29.5. The number of aromatic amines is 2. The predicted octanol–water partition coefficient (Wildman–Crippen LogP) is 6.73. The number of likely N-dealkylation sites (tertiary alicyclic amines) is 2. The van der Waals surface area contributed by atoms with E-state index in [4.69, 9.17) is 24.2 Å². The van der Waals surface area contributed by atoms with Gasteiger partial charge in [0.2, 0.25) is 11.8 Å². The van der Waals surface area contributed by atoms with Crippen molar-refractivity contribution in [2.75, 3.05) is 27.9 Å². The molecule has 2 aliphatic heterocycles. The molecule has 0 spiro atoms. The number of imidazole rings is 2. The number of piperidine rings is 1. The second kappa shape index (κ2) is 16.1. The Hall–Kier alpha value is -5.96. The Morgan fingerprint density at radius 3 is 2.31 bits per heavy atom. The summed E-state index contributed by atoms with van der Waals surface area (Å²) < 4.78 is 15.2. The zero-order valence-electron chi connectivity index (χ0n) is 35.5. The van der Waals surface area contributed by atoms with E-state index >= 15 is 0 Å². The molecule has 15 heteroatoms. The van der Waals surface area contributed by atoms with Gasteiger partial charge in [-0.25, -0.2) is 19.6 Å². The Morgan fingerprint density at radius 2 is 1.56 bits per heavy atom. The standard InChI is InChI=1S/C46H54N8O7/c1-23(2)36(51-45(57)60-5)43(55)53-19-7-8-35(53)41-47-33-17-12-27-20-25(10-15-31(27)38(33)49-41)26-11-16-32-28(21-26)13-18-34-39(32)50-42(48-34)40-29-9-14-30(22-29)54(40)44(56)37(24(3)59-4)52-46(58)61-6/h10-12,15-17,20-21,23-24,29-30,35-37,40H,7-9,13-14,18-19,22H2,1-6H3,(H,47,49)(H,48,50)(H,51,57)(H,52,58)/t24-,29+,30-,35+,36?,37+,40+/m1/s1. The lowest BCUT2D eigenvalue weighted by Crippen LogP contribution is -2.56. The van der Waals surface area contributed by atoms with Gasteiger partial charge >= 0.3 is 12.2 Å². The van der Waals surface area contributed by atoms with Crippen molar-refractivity contribution in [2.24, 2.45) is 11.8 Å². The van der Waals surface area contributed by atoms with Crippen molar-refractivity contribution in [1.82, 2.24) is 40.4 Å². The molecule has 4 aliphatic rings. The van der Waals surface area contributed by atoms with Crippen LogP contribution in [0.3, 0.4) is 0 Å². The van der Waals surface area contributed by atoms with Crippen molar-refractivity contribution in [3.05, 3.63) is 71.4 Å². The first-order valence-electron chi connectivity index (χ1n) is 21.5. The van der Waals surface area contributed by atoms with E-state index in [0.29, 0.717) is 6.54 Å². The predicted molar refractivity (Wildman–Crippen MR) is 228 cm³/mol. The van der Waals surface area contributed by atoms with Gasteiger partial charge in [-0.1, -0.05) is 50.2 Å². The number of benzene rings is 3. The summed E-state index contributed by atoms with van der Waals surface area (Å²) in [6.45, 7) is 6.19. The van der Waals surface area contributed by atoms with Crippen LogP contribution in [0.1, 0.15) is 87.9 Å². The van der Waals surface area contributed by atoms with E-state index in [9.17, 15) is 19.2 Å². The molecule has 1 unspecified atom stereocenters. The fourth-order valence-electron chi connectivity index (χ4n) is 10.3. The van der Waals surface area contributed by atoms with E-state index in [-0.39, 0.29) is 41.8 Å². The van der Waals surface area contributed by atoms with Crippen LogP contribution in [-0.4, -0.2) is 106 Å². The third-order valence-electron chi connectivity index (χ3n) is 13.6. The van der Waals surface area contributed by atoms with E-state index in [0.717, 1.165) is 106 Å². The fraction of sp³-hybridized carbons (Fsp3) is 0.478. The van der Waals surface area contributed by atoms with Gasteiger partial charge in [0.15, 0.2) is 0 Å². The molecular formula is C46H54N8O7. The monoisotopic (exact) mass is 830 g/mol. The molecular weight excluding hydrogens is 777 g/mol. The van der Waals surface area contributed by atoms with E-state index < -0.39 is 30.4 Å². The molecule has 9 rings (SSSR count). The maximum absolute atomic E-state index is 14.2. The lowest BCUT2D eigenvalue weighted by atomic mass is 9.89. The van der Waals surface area contributed by atoms with Crippen molar-refractivity contribution >= 4 is 45.8 Å². The Bertz CT molecular complexity index is 2530. The molecule has 3 aromatic carbocycles. The van der Waals surface area contributed by atoms with Crippen LogP contribution in [0.2, 0.25) is 0 Å². The van der Waals surface area contributed by atoms with Gasteiger partial charge in [0.25, 0.3) is 0 Å². The van der Waals surface area contributed by atoms with Crippen LogP contribution in [-0.2, 0) is 36.6 Å². The van der Waals surface area contributed by atoms with Crippen LogP contribution in [0.15, 0.2) is 48.5 Å². The molecule has 320 valence electrons. The molecule has 2 aliphatic carbocycles. The quantitative estimate of drug-likeness (QED) is 0.119. The van der Waals surface area contributed by atoms with Gasteiger partial charge in [0.1, 0.15) is 23.7 Å². The molecule has 3 fully saturated rings. The second-order valence-electron chi connectivity index (χ2n) is 17.4. The van der Waals surface area contributed by atoms with E-state index in [2.05, 4.69) is 63.1 Å². The third kappa shape index (κ3) is 7.15. The Labute approximate surface area is 354 Å². The number of alkyl carbamates (subject to hydrolysis) is 2. The van der Waals surface area contributed by atoms with Crippen LogP contribution in [0.4, 0.5) is 9.59 Å². The zero-order valence-corrected chi connectivity index (χ0v) is 35.5. The number of H-pyrrole nitrogens is 2. The molecule has 5 aromatic rings. The number of aryl methyl sites for hydroxylation is 2. The number of amides is 4. The van der Waals surface area contributed by atoms with E-state index in [1.54, 1.807) is 6.92 Å². The first-order valence-corrected chi connectivity index (χ1v) is 21.5. The van der Waals surface area contributed by atoms with Crippen molar-refractivity contribution in [3.8, 4) is 22.4 Å². The van der Waals surface area contributed by atoms with Gasteiger partial charge in [0.05, 0.1) is 54.8 Å². The number of rotatable bonds is 10. The molecule has 0 radical (unpaired) electrons. The van der Waals surface area contributed by atoms with E-state index in [1.165, 1.54) is 26.9 Å². The largest absolute Gasteiger partial charge is 0.453 e. The summed E-state index contributed by atoms with van der Waals surface area (Å²) in [6.07, 6.45) is 4.27. The highest BCUT2D eigenvalue weighted by Gasteiger charge is 2.52. The molecule has 7 atom stereocenters. The average molecular weight is 831 g/mol. The molecule has 4 amide bonds. The fourth-order valence-corrected chi connectivity index (χ4v) is 10.3. The average Bonchev–Trinajstić information content (AvgIpc) is 4.13. The molecule has 61 heavy (non-hydrogen) atoms. The highest BCUT2D eigenvalue weighted by Crippen LogP contribution is 2.51. The summed E-state index contributed by atoms with van der Waals surface area (Å²) >= 11 is 0. The second-order valence-corrected chi connectivity index (χ2v) is 17.4. The molecule has 4 N–H and O–H groups in total. The normalized spacial score (nSPS) is 22.0. The minimum atomic E-state index is -0.886. The number of carbonyl (C=O) groups excluding carboxylic acids is 4. The van der Waals surface area contributed by atoms with Gasteiger partial charge in [-0.2, -0.15) is 0 Å². The minimum absolute atomic E-state index is 0.0769. The summed E-state index contributed by atoms with van der Waals surface area (Å²) in [7, 11) is 4.12. The van der Waals surface area contributed by atoms with Crippen LogP contribution in [0.5, 0.6) is 0 Å². The number of aromatic nitrogens is 4. The lowest BCUT2D eigenvalue weighted by molar-refractivity contribution is -0.141. The number of nitrogens with one attached hydrogen (secondary N) is 4. The number of carbonyl (C=O) groups is 4. The molecule has 15 nitrogen and oxygen atoms in total. The van der Waals surface area contributed by atoms with Gasteiger partial charge in [-0.15, -0.1) is 0 Å². The lowest BCUT2D eigenvalue weighted by Gasteiger charge is -2.37. The first kappa shape index (κ1) is 40.4. The number of methoxy groups -OCH3 is 3. The smallest absolute Gasteiger partial charge is 0.407 e. The van der Waals surface area contributed by atoms with Crippen molar-refractivity contribution in [1.29, 1.82) is 0 Å². The number of nitrogens with zero attached hydrogens (tertiary/aromatic N) is 4. The highest BCUT2D eigenvalue weighted by molar-refractivity contribution is 6.05. The zero-order chi connectivity index (χ0) is 42.7. The van der Waals surface area contributed by atoms with Crippen LogP contribution in [0.25, 0.3) is 44.2 Å². The minimum Gasteiger partial charge on any atom is -0.453 e. The number of hydrogen-bond donors (Lipinski definition) is 4. The SMILES string of the molecule is COC(=O)NC(C(=O)N1CCC[C@H]1c1nc2ccc3cc(-c4ccc5c(c4)CCc4nc([C@@H]6[C@H]7CC[C@H](C7)N6C(=O)[C@@H](NC(=O)OC)[C@@H](C)OC)[nH]c4-5)ccc3c2[nH]1)C(C)C. The van der Waals surface area contributed by atoms with Gasteiger partial charge in [-0.3, -0.25) is 9.59 Å². The highest BCUT2D eigenvalue weighted by atomic mass is 16.5. The number of fused-ring (bicyclic) bond motifs is 8. The Kier molecular flexibility index (Phi) is 10.7. The maximum atomic E-state index is 14.2. The van der Waals surface area contributed by atoms with Crippen molar-refractivity contribution in [2.45, 2.75) is 102 Å². The van der Waals surface area contributed by atoms with Crippen LogP contribution < -0.4 is 10.6 Å². The summed E-state index contributed by atoms with van der Waals surface area (Å²) in [5.74, 6) is 1.40. The summed E-state index contributed by atoms with van der Waals surface area (Å²) in [4.78, 5) is 73.4. The Balaban J connectivity index is 0.963. The molecule has 2 bridgehead atoms. The summed E-state index contributed by atoms with van der Waals surface area (Å²) in [5, 5.41) is 7.57. The van der Waals surface area contributed by atoms with Crippen molar-refractivity contribution < 1.29 is 33.4 Å².